The van der Waals surface area contributed by atoms with Crippen molar-refractivity contribution in [3.63, 3.8) is 0 Å². The molecule has 0 saturated heterocycles. The van der Waals surface area contributed by atoms with Crippen LogP contribution in [-0.4, -0.2) is 10.2 Å². The zero-order chi connectivity index (χ0) is 15.5. The van der Waals surface area contributed by atoms with E-state index in [2.05, 4.69) is 37.0 Å². The molecule has 1 aromatic carbocycles. The van der Waals surface area contributed by atoms with E-state index < -0.39 is 0 Å². The van der Waals surface area contributed by atoms with Gasteiger partial charge < -0.3 is 0 Å². The second-order valence-corrected chi connectivity index (χ2v) is 7.26. The summed E-state index contributed by atoms with van der Waals surface area (Å²) in [6.07, 6.45) is 3.50. The maximum Gasteiger partial charge on any atom is 0.132 e. The molecule has 4 rings (SSSR count). The van der Waals surface area contributed by atoms with Gasteiger partial charge in [0.25, 0.3) is 0 Å². The lowest BCUT2D eigenvalue weighted by Crippen LogP contribution is -2.34. The number of hydrogen-bond acceptors (Lipinski definition) is 2. The van der Waals surface area contributed by atoms with Gasteiger partial charge in [-0.25, -0.2) is 4.39 Å². The third-order valence-corrected chi connectivity index (χ3v) is 6.37. The van der Waals surface area contributed by atoms with Crippen LogP contribution in [0.15, 0.2) is 30.3 Å². The van der Waals surface area contributed by atoms with Crippen LogP contribution >= 0.6 is 0 Å². The molecule has 3 heteroatoms. The first-order valence-electron chi connectivity index (χ1n) is 8.14. The van der Waals surface area contributed by atoms with Gasteiger partial charge in [-0.2, -0.15) is 10.2 Å². The zero-order valence-corrected chi connectivity index (χ0v) is 13.4. The fourth-order valence-electron chi connectivity index (χ4n) is 5.02. The lowest BCUT2D eigenvalue weighted by Gasteiger charge is -2.37. The minimum Gasteiger partial charge on any atom is -0.206 e. The average Bonchev–Trinajstić information content (AvgIpc) is 2.89. The van der Waals surface area contributed by atoms with Gasteiger partial charge >= 0.3 is 0 Å². The zero-order valence-electron chi connectivity index (χ0n) is 13.4. The Morgan fingerprint density at radius 3 is 2.73 bits per heavy atom. The lowest BCUT2D eigenvalue weighted by atomic mass is 9.67. The van der Waals surface area contributed by atoms with Crippen LogP contribution in [0.25, 0.3) is 11.3 Å². The van der Waals surface area contributed by atoms with Crippen molar-refractivity contribution in [2.24, 2.45) is 5.41 Å². The van der Waals surface area contributed by atoms with E-state index in [0.29, 0.717) is 17.2 Å². The Bertz CT molecular complexity index is 753. The quantitative estimate of drug-likeness (QED) is 0.792. The minimum absolute atomic E-state index is 0.147. The summed E-state index contributed by atoms with van der Waals surface area (Å²) in [4.78, 5) is 0. The topological polar surface area (TPSA) is 25.8 Å². The van der Waals surface area contributed by atoms with Crippen molar-refractivity contribution in [2.75, 3.05) is 0 Å². The molecule has 0 aliphatic heterocycles. The molecule has 2 atom stereocenters. The van der Waals surface area contributed by atoms with Crippen molar-refractivity contribution in [1.82, 2.24) is 10.2 Å². The molecule has 2 aliphatic rings. The van der Waals surface area contributed by atoms with Crippen LogP contribution in [0.2, 0.25) is 0 Å². The Kier molecular flexibility index (Phi) is 2.76. The van der Waals surface area contributed by atoms with Crippen molar-refractivity contribution in [3.8, 4) is 11.3 Å². The molecular weight excluding hydrogens is 275 g/mol. The molecule has 1 fully saturated rings. The first-order chi connectivity index (χ1) is 10.5. The molecule has 0 radical (unpaired) electrons. The first kappa shape index (κ1) is 13.9. The molecule has 22 heavy (non-hydrogen) atoms. The first-order valence-corrected chi connectivity index (χ1v) is 8.14. The highest BCUT2D eigenvalue weighted by molar-refractivity contribution is 5.62. The van der Waals surface area contributed by atoms with Crippen molar-refractivity contribution in [2.45, 2.75) is 51.4 Å². The number of rotatable bonds is 2. The molecule has 114 valence electrons. The predicted octanol–water partition coefficient (Wildman–Crippen LogP) is 4.85. The van der Waals surface area contributed by atoms with Gasteiger partial charge in [0.05, 0.1) is 11.4 Å². The lowest BCUT2D eigenvalue weighted by molar-refractivity contribution is 0.198. The summed E-state index contributed by atoms with van der Waals surface area (Å²) in [6.45, 7) is 6.98. The average molecular weight is 296 g/mol. The highest BCUT2D eigenvalue weighted by atomic mass is 19.1. The smallest absolute Gasteiger partial charge is 0.132 e. The third-order valence-electron chi connectivity index (χ3n) is 6.37. The van der Waals surface area contributed by atoms with Gasteiger partial charge in [-0.05, 0) is 54.4 Å². The van der Waals surface area contributed by atoms with E-state index in [9.17, 15) is 4.39 Å². The summed E-state index contributed by atoms with van der Waals surface area (Å²) in [5.74, 6) is 0.285. The van der Waals surface area contributed by atoms with Crippen LogP contribution in [0.4, 0.5) is 4.39 Å². The van der Waals surface area contributed by atoms with Gasteiger partial charge in [0.2, 0.25) is 0 Å². The van der Waals surface area contributed by atoms with E-state index in [-0.39, 0.29) is 16.6 Å². The summed E-state index contributed by atoms with van der Waals surface area (Å²) in [5, 5.41) is 8.95. The van der Waals surface area contributed by atoms with Gasteiger partial charge in [0.15, 0.2) is 0 Å². The van der Waals surface area contributed by atoms with Crippen LogP contribution in [0.1, 0.15) is 57.2 Å². The molecule has 0 spiro atoms. The van der Waals surface area contributed by atoms with Crippen LogP contribution < -0.4 is 0 Å². The van der Waals surface area contributed by atoms with Crippen LogP contribution in [0.5, 0.6) is 0 Å². The summed E-state index contributed by atoms with van der Waals surface area (Å²) in [5.41, 5.74) is 4.03. The normalized spacial score (nSPS) is 27.9. The Morgan fingerprint density at radius 1 is 1.23 bits per heavy atom. The Morgan fingerprint density at radius 2 is 2.00 bits per heavy atom. The number of hydrogen-bond donors (Lipinski definition) is 0. The molecule has 1 saturated carbocycles. The number of halogens is 1. The van der Waals surface area contributed by atoms with Gasteiger partial charge in [-0.15, -0.1) is 0 Å². The van der Waals surface area contributed by atoms with Crippen molar-refractivity contribution >= 4 is 0 Å². The van der Waals surface area contributed by atoms with Gasteiger partial charge in [-0.1, -0.05) is 32.9 Å². The molecule has 1 aromatic heterocycles. The summed E-state index contributed by atoms with van der Waals surface area (Å²) >= 11 is 0. The summed E-state index contributed by atoms with van der Waals surface area (Å²) in [6, 6.07) is 8.89. The SMILES string of the molecule is CCC12CCC(c3cc(-c4ccccc4F)nnc31)C2(C)C. The second-order valence-electron chi connectivity index (χ2n) is 7.26. The molecule has 0 N–H and O–H groups in total. The predicted molar refractivity (Wildman–Crippen MR) is 85.2 cm³/mol. The number of benzene rings is 1. The van der Waals surface area contributed by atoms with Crippen molar-refractivity contribution < 1.29 is 4.39 Å². The van der Waals surface area contributed by atoms with E-state index in [0.717, 1.165) is 12.1 Å². The van der Waals surface area contributed by atoms with Crippen LogP contribution in [0, 0.1) is 11.2 Å². The monoisotopic (exact) mass is 296 g/mol. The number of fused-ring (bicyclic) bond motifs is 5. The van der Waals surface area contributed by atoms with Crippen LogP contribution in [0.3, 0.4) is 0 Å². The fourth-order valence-corrected chi connectivity index (χ4v) is 5.02. The molecule has 2 bridgehead atoms. The number of aromatic nitrogens is 2. The molecule has 2 unspecified atom stereocenters. The maximum absolute atomic E-state index is 14.0. The fraction of sp³-hybridized carbons (Fsp3) is 0.474. The molecular formula is C19H21FN2. The molecule has 1 heterocycles. The highest BCUT2D eigenvalue weighted by Gasteiger charge is 2.62. The standard InChI is InChI=1S/C19H21FN2/c1-4-19-10-9-14(18(19,2)3)13-11-16(21-22-17(13)19)12-7-5-6-8-15(12)20/h5-8,11,14H,4,9-10H2,1-3H3. The summed E-state index contributed by atoms with van der Waals surface area (Å²) in [7, 11) is 0. The molecule has 2 nitrogen and oxygen atoms in total. The van der Waals surface area contributed by atoms with E-state index in [4.69, 9.17) is 0 Å². The van der Waals surface area contributed by atoms with E-state index >= 15 is 0 Å². The molecule has 0 amide bonds. The highest BCUT2D eigenvalue weighted by Crippen LogP contribution is 2.68. The van der Waals surface area contributed by atoms with E-state index in [1.54, 1.807) is 12.1 Å². The van der Waals surface area contributed by atoms with Crippen molar-refractivity contribution in [1.29, 1.82) is 0 Å². The van der Waals surface area contributed by atoms with Crippen molar-refractivity contribution in [3.05, 3.63) is 47.4 Å². The minimum atomic E-state index is -0.232. The second kappa shape index (κ2) is 4.37. The maximum atomic E-state index is 14.0. The molecule has 2 aliphatic carbocycles. The third kappa shape index (κ3) is 1.49. The Hall–Kier alpha value is -1.77. The Balaban J connectivity index is 1.90. The van der Waals surface area contributed by atoms with E-state index in [1.807, 2.05) is 6.07 Å². The summed E-state index contributed by atoms with van der Waals surface area (Å²) < 4.78 is 14.0. The van der Waals surface area contributed by atoms with E-state index in [1.165, 1.54) is 24.5 Å². The molecule has 2 aromatic rings. The van der Waals surface area contributed by atoms with Gasteiger partial charge in [0.1, 0.15) is 5.82 Å². The van der Waals surface area contributed by atoms with Gasteiger partial charge in [0, 0.05) is 11.0 Å². The largest absolute Gasteiger partial charge is 0.206 e. The Labute approximate surface area is 130 Å². The van der Waals surface area contributed by atoms with Crippen LogP contribution in [-0.2, 0) is 5.41 Å². The van der Waals surface area contributed by atoms with Gasteiger partial charge in [-0.3, -0.25) is 0 Å². The number of nitrogens with zero attached hydrogens (tertiary/aromatic N) is 2.